The van der Waals surface area contributed by atoms with E-state index in [1.807, 2.05) is 30.3 Å². The summed E-state index contributed by atoms with van der Waals surface area (Å²) < 4.78 is 2.49. The van der Waals surface area contributed by atoms with Crippen molar-refractivity contribution in [3.8, 4) is 5.75 Å². The average molecular weight is 655 g/mol. The molecule has 3 aromatic carbocycles. The van der Waals surface area contributed by atoms with Crippen LogP contribution in [0.3, 0.4) is 0 Å². The van der Waals surface area contributed by atoms with Crippen LogP contribution in [0, 0.1) is 0 Å². The van der Waals surface area contributed by atoms with Crippen LogP contribution in [0.5, 0.6) is 5.75 Å². The highest BCUT2D eigenvalue weighted by atomic mass is 16.3. The highest BCUT2D eigenvalue weighted by Crippen LogP contribution is 2.38. The summed E-state index contributed by atoms with van der Waals surface area (Å²) in [4.78, 5) is 19.4. The van der Waals surface area contributed by atoms with Crippen LogP contribution in [0.2, 0.25) is 0 Å². The molecule has 12 nitrogen and oxygen atoms in total. The van der Waals surface area contributed by atoms with Crippen LogP contribution in [0.25, 0.3) is 10.8 Å². The smallest absolute Gasteiger partial charge is 0.233 e. The molecule has 0 spiro atoms. The van der Waals surface area contributed by atoms with Gasteiger partial charge in [0, 0.05) is 43.1 Å². The number of hydrogen-bond donors (Lipinski definition) is 2. The van der Waals surface area contributed by atoms with E-state index in [1.54, 1.807) is 6.07 Å². The van der Waals surface area contributed by atoms with Gasteiger partial charge in [-0.2, -0.15) is 20.1 Å². The highest BCUT2D eigenvalue weighted by Gasteiger charge is 2.36. The molecule has 12 heteroatoms. The van der Waals surface area contributed by atoms with Gasteiger partial charge in [0.05, 0.1) is 82.2 Å². The number of nitrogens with one attached hydrogen (secondary N) is 1. The lowest BCUT2D eigenvalue weighted by molar-refractivity contribution is -0.893. The number of phenols is 1. The summed E-state index contributed by atoms with van der Waals surface area (Å²) in [7, 11) is 19.9. The Morgan fingerprint density at radius 2 is 1.27 bits per heavy atom. The first kappa shape index (κ1) is 33.5. The number of likely N-dealkylation sites (N-methyl/N-ethyl adjacent to an activating group) is 2. The van der Waals surface area contributed by atoms with Crippen molar-refractivity contribution in [3.05, 3.63) is 54.6 Å². The molecule has 0 saturated carbocycles. The van der Waals surface area contributed by atoms with Crippen LogP contribution in [0.4, 0.5) is 40.6 Å². The lowest BCUT2D eigenvalue weighted by Crippen LogP contribution is -2.46. The van der Waals surface area contributed by atoms with Gasteiger partial charge in [0.15, 0.2) is 0 Å². The van der Waals surface area contributed by atoms with Gasteiger partial charge in [0.1, 0.15) is 29.2 Å². The third kappa shape index (κ3) is 7.35. The molecule has 4 aromatic rings. The second kappa shape index (κ2) is 12.6. The zero-order valence-electron chi connectivity index (χ0n) is 30.0. The molecule has 0 radical (unpaired) electrons. The molecule has 254 valence electrons. The summed E-state index contributed by atoms with van der Waals surface area (Å²) in [5.74, 6) is 2.07. The molecule has 0 bridgehead atoms. The summed E-state index contributed by atoms with van der Waals surface area (Å²) >= 11 is 0. The van der Waals surface area contributed by atoms with Crippen LogP contribution < -0.4 is 19.6 Å². The van der Waals surface area contributed by atoms with Gasteiger partial charge in [-0.1, -0.05) is 6.07 Å². The lowest BCUT2D eigenvalue weighted by atomic mass is 10.1. The van der Waals surface area contributed by atoms with Crippen molar-refractivity contribution in [3.63, 3.8) is 0 Å². The van der Waals surface area contributed by atoms with Crippen molar-refractivity contribution in [2.24, 2.45) is 10.2 Å². The summed E-state index contributed by atoms with van der Waals surface area (Å²) in [5, 5.41) is 25.0. The number of anilines is 4. The SMILES string of the molecule is C[N+](C)(C)c1ccc2ccc(O)c(N=Nc3ccc(Nc4nc(N5CCC([N+](C)(C)C)C5)nc(N5CCC([N+](C)(C)C)C5)n4)cc3)c2c1. The molecule has 2 aliphatic heterocycles. The van der Waals surface area contributed by atoms with Crippen molar-refractivity contribution in [2.75, 3.05) is 105 Å². The number of benzene rings is 3. The summed E-state index contributed by atoms with van der Waals surface area (Å²) in [6.07, 6.45) is 2.20. The minimum absolute atomic E-state index is 0.0982. The number of azo groups is 1. The summed E-state index contributed by atoms with van der Waals surface area (Å²) in [6, 6.07) is 18.5. The van der Waals surface area contributed by atoms with Gasteiger partial charge in [0.2, 0.25) is 17.8 Å². The van der Waals surface area contributed by atoms with E-state index in [9.17, 15) is 5.11 Å². The van der Waals surface area contributed by atoms with Crippen molar-refractivity contribution in [1.82, 2.24) is 19.4 Å². The maximum Gasteiger partial charge on any atom is 0.233 e. The first-order valence-corrected chi connectivity index (χ1v) is 16.8. The van der Waals surface area contributed by atoms with Crippen molar-refractivity contribution >= 4 is 51.4 Å². The third-order valence-corrected chi connectivity index (χ3v) is 9.81. The summed E-state index contributed by atoms with van der Waals surface area (Å²) in [6.45, 7) is 3.67. The largest absolute Gasteiger partial charge is 0.506 e. The zero-order chi connectivity index (χ0) is 34.4. The molecule has 2 unspecified atom stereocenters. The standard InChI is InChI=1S/C36H51N11O/c1-45(2,3)28-16-10-25-11-17-32(48)33(31(25)22-28)42-41-27-14-12-26(13-15-27)37-34-38-35(43-20-18-29(23-43)46(4,5)6)40-36(39-34)44-21-19-30(24-44)47(7,8)9/h10-17,22,29-30H,18-21,23-24H2,1-9H3,(H-,37,38,39,40,41,42,48)/q+2/p+1. The van der Waals surface area contributed by atoms with E-state index in [1.165, 1.54) is 0 Å². The molecule has 6 rings (SSSR count). The fraction of sp³-hybridized carbons (Fsp3) is 0.472. The Labute approximate surface area is 284 Å². The van der Waals surface area contributed by atoms with E-state index in [2.05, 4.69) is 107 Å². The maximum atomic E-state index is 10.7. The molecule has 2 fully saturated rings. The van der Waals surface area contributed by atoms with E-state index in [0.717, 1.165) is 82.0 Å². The van der Waals surface area contributed by atoms with E-state index in [0.29, 0.717) is 33.9 Å². The minimum atomic E-state index is 0.0982. The second-order valence-electron chi connectivity index (χ2n) is 16.0. The van der Waals surface area contributed by atoms with Crippen LogP contribution in [0.15, 0.2) is 64.8 Å². The van der Waals surface area contributed by atoms with Crippen LogP contribution in [-0.2, 0) is 0 Å². The van der Waals surface area contributed by atoms with E-state index in [4.69, 9.17) is 15.0 Å². The molecule has 2 saturated heterocycles. The molecule has 2 aliphatic rings. The predicted octanol–water partition coefficient (Wildman–Crippen LogP) is 5.66. The normalized spacial score (nSPS) is 19.2. The number of nitrogens with zero attached hydrogens (tertiary/aromatic N) is 10. The minimum Gasteiger partial charge on any atom is -0.506 e. The molecule has 0 aliphatic carbocycles. The highest BCUT2D eigenvalue weighted by molar-refractivity contribution is 5.97. The molecule has 2 atom stereocenters. The Morgan fingerprint density at radius 1 is 0.708 bits per heavy atom. The number of fused-ring (bicyclic) bond motifs is 1. The Morgan fingerprint density at radius 3 is 1.79 bits per heavy atom. The van der Waals surface area contributed by atoms with Gasteiger partial charge in [0.25, 0.3) is 0 Å². The Hall–Kier alpha value is -4.39. The molecule has 3 heterocycles. The fourth-order valence-electron chi connectivity index (χ4n) is 6.46. The van der Waals surface area contributed by atoms with Crippen LogP contribution >= 0.6 is 0 Å². The lowest BCUT2D eigenvalue weighted by Gasteiger charge is -2.31. The van der Waals surface area contributed by atoms with Gasteiger partial charge in [-0.25, -0.2) is 0 Å². The number of phenolic OH excluding ortho intramolecular Hbond substituents is 1. The molecule has 1 aromatic heterocycles. The Balaban J connectivity index is 1.24. The number of rotatable bonds is 9. The first-order valence-electron chi connectivity index (χ1n) is 16.8. The number of quaternary nitrogens is 3. The van der Waals surface area contributed by atoms with E-state index < -0.39 is 0 Å². The Kier molecular flexibility index (Phi) is 8.78. The molecule has 48 heavy (non-hydrogen) atoms. The van der Waals surface area contributed by atoms with Gasteiger partial charge in [-0.3, -0.25) is 4.48 Å². The summed E-state index contributed by atoms with van der Waals surface area (Å²) in [5.41, 5.74) is 3.08. The molecule has 2 N–H and O–H groups in total. The number of hydrogen-bond acceptors (Lipinski definition) is 9. The maximum absolute atomic E-state index is 10.7. The monoisotopic (exact) mass is 654 g/mol. The molecular weight excluding hydrogens is 602 g/mol. The van der Waals surface area contributed by atoms with Crippen LogP contribution in [0.1, 0.15) is 12.8 Å². The van der Waals surface area contributed by atoms with Crippen LogP contribution in [-0.4, -0.2) is 131 Å². The number of aromatic hydroxyl groups is 1. The van der Waals surface area contributed by atoms with E-state index in [-0.39, 0.29) is 5.75 Å². The van der Waals surface area contributed by atoms with Crippen molar-refractivity contribution in [2.45, 2.75) is 24.9 Å². The topological polar surface area (TPSA) is 102 Å². The average Bonchev–Trinajstić information content (AvgIpc) is 3.72. The van der Waals surface area contributed by atoms with Gasteiger partial charge < -0.3 is 29.2 Å². The quantitative estimate of drug-likeness (QED) is 0.178. The van der Waals surface area contributed by atoms with E-state index >= 15 is 0 Å². The van der Waals surface area contributed by atoms with Crippen molar-refractivity contribution < 1.29 is 14.1 Å². The number of aromatic nitrogens is 3. The molecule has 0 amide bonds. The Bertz CT molecular complexity index is 1750. The van der Waals surface area contributed by atoms with Gasteiger partial charge >= 0.3 is 0 Å². The van der Waals surface area contributed by atoms with Gasteiger partial charge in [-0.15, -0.1) is 5.11 Å². The zero-order valence-corrected chi connectivity index (χ0v) is 30.0. The third-order valence-electron chi connectivity index (χ3n) is 9.81. The second-order valence-corrected chi connectivity index (χ2v) is 16.0. The predicted molar refractivity (Wildman–Crippen MR) is 196 cm³/mol. The first-order chi connectivity index (χ1) is 22.5. The fourth-order valence-corrected chi connectivity index (χ4v) is 6.46. The molecular formula is C36H52N11O+3. The van der Waals surface area contributed by atoms with Crippen molar-refractivity contribution in [1.29, 1.82) is 0 Å². The van der Waals surface area contributed by atoms with Gasteiger partial charge in [-0.05, 0) is 47.9 Å².